The molecule has 5 rings (SSSR count). The number of nitrogens with one attached hydrogen (secondary N) is 1. The lowest BCUT2D eigenvalue weighted by molar-refractivity contribution is 0.122. The van der Waals surface area contributed by atoms with E-state index in [4.69, 9.17) is 15.5 Å². The Morgan fingerprint density at radius 3 is 2.41 bits per heavy atom. The summed E-state index contributed by atoms with van der Waals surface area (Å²) < 4.78 is 5.44. The van der Waals surface area contributed by atoms with Crippen LogP contribution < -0.4 is 32.1 Å². The van der Waals surface area contributed by atoms with Crippen molar-refractivity contribution >= 4 is 23.8 Å². The van der Waals surface area contributed by atoms with Crippen LogP contribution in [0.25, 0.3) is 0 Å². The molecule has 1 aromatic heterocycles. The van der Waals surface area contributed by atoms with Gasteiger partial charge in [-0.1, -0.05) is 12.1 Å². The molecule has 1 atom stereocenters. The van der Waals surface area contributed by atoms with E-state index < -0.39 is 5.79 Å². The normalized spacial score (nSPS) is 24.0. The number of nitrogens with zero attached hydrogens (tertiary/aromatic N) is 7. The molecule has 3 aliphatic rings. The van der Waals surface area contributed by atoms with Crippen LogP contribution in [0.3, 0.4) is 0 Å². The Balaban J connectivity index is 0.00000245. The summed E-state index contributed by atoms with van der Waals surface area (Å²) in [5.41, 5.74) is 11.9. The first-order chi connectivity index (χ1) is 15.1. The summed E-state index contributed by atoms with van der Waals surface area (Å²) in [6.07, 6.45) is 3.46. The zero-order valence-electron chi connectivity index (χ0n) is 18.5. The fourth-order valence-corrected chi connectivity index (χ4v) is 4.03. The Morgan fingerprint density at radius 2 is 1.69 bits per heavy atom. The smallest absolute Gasteiger partial charge is 0.227 e. The highest BCUT2D eigenvalue weighted by Crippen LogP contribution is 2.26. The van der Waals surface area contributed by atoms with Crippen LogP contribution in [-0.2, 0) is 10.5 Å². The van der Waals surface area contributed by atoms with Crippen molar-refractivity contribution in [3.8, 4) is 0 Å². The van der Waals surface area contributed by atoms with Gasteiger partial charge in [0.05, 0.1) is 13.2 Å². The van der Waals surface area contributed by atoms with E-state index in [2.05, 4.69) is 49.3 Å². The van der Waals surface area contributed by atoms with Gasteiger partial charge in [-0.2, -0.15) is 10.4 Å². The van der Waals surface area contributed by atoms with Crippen LogP contribution >= 0.6 is 0 Å². The Hall–Kier alpha value is -2.83. The van der Waals surface area contributed by atoms with Gasteiger partial charge in [-0.25, -0.2) is 15.0 Å². The first-order valence-corrected chi connectivity index (χ1v) is 10.7. The summed E-state index contributed by atoms with van der Waals surface area (Å²) >= 11 is 0. The van der Waals surface area contributed by atoms with E-state index in [1.165, 1.54) is 5.69 Å². The molecule has 0 amide bonds. The number of aromatic nitrogens is 2. The van der Waals surface area contributed by atoms with Crippen LogP contribution in [0.4, 0.5) is 17.5 Å². The van der Waals surface area contributed by atoms with Crippen LogP contribution in [0.5, 0.6) is 0 Å². The monoisotopic (exact) mass is 440 g/mol. The van der Waals surface area contributed by atoms with Crippen molar-refractivity contribution in [2.75, 3.05) is 74.3 Å². The van der Waals surface area contributed by atoms with Crippen LogP contribution in [-0.4, -0.2) is 80.7 Å². The van der Waals surface area contributed by atoms with Crippen LogP contribution in [0.15, 0.2) is 41.5 Å². The molecule has 2 fully saturated rings. The van der Waals surface area contributed by atoms with Crippen molar-refractivity contribution in [3.05, 3.63) is 42.1 Å². The lowest BCUT2D eigenvalue weighted by Crippen LogP contribution is -2.51. The maximum atomic E-state index is 6.59. The maximum absolute atomic E-state index is 6.59. The van der Waals surface area contributed by atoms with Crippen molar-refractivity contribution in [1.29, 1.82) is 0 Å². The third-order valence-corrected chi connectivity index (χ3v) is 6.01. The summed E-state index contributed by atoms with van der Waals surface area (Å²) in [4.78, 5) is 20.6. The number of aliphatic imine (C=N–C) groups is 1. The minimum absolute atomic E-state index is 0. The molecule has 0 spiro atoms. The zero-order valence-corrected chi connectivity index (χ0v) is 18.5. The molecule has 2 aromatic rings. The summed E-state index contributed by atoms with van der Waals surface area (Å²) in [6.45, 7) is 7.17. The first kappa shape index (κ1) is 22.4. The van der Waals surface area contributed by atoms with Gasteiger partial charge in [-0.3, -0.25) is 5.73 Å². The number of hydrogen-bond acceptors (Lipinski definition) is 11. The molecule has 172 valence electrons. The van der Waals surface area contributed by atoms with Gasteiger partial charge in [-0.15, -0.1) is 0 Å². The average molecular weight is 441 g/mol. The second kappa shape index (κ2) is 9.35. The maximum Gasteiger partial charge on any atom is 0.227 e. The predicted molar refractivity (Wildman–Crippen MR) is 126 cm³/mol. The second-order valence-electron chi connectivity index (χ2n) is 8.14. The summed E-state index contributed by atoms with van der Waals surface area (Å²) in [7, 11) is 2.13. The molecular formula is C21H32N10O. The molecule has 32 heavy (non-hydrogen) atoms. The van der Waals surface area contributed by atoms with E-state index in [0.29, 0.717) is 5.82 Å². The van der Waals surface area contributed by atoms with Gasteiger partial charge in [0.2, 0.25) is 11.7 Å². The summed E-state index contributed by atoms with van der Waals surface area (Å²) in [5.74, 6) is 0.401. The Bertz CT molecular complexity index is 924. The number of nitrogens with two attached hydrogens (primary N) is 1. The lowest BCUT2D eigenvalue weighted by atomic mass is 10.1. The lowest BCUT2D eigenvalue weighted by Gasteiger charge is -2.32. The number of anilines is 3. The Kier molecular flexibility index (Phi) is 6.53. The third kappa shape index (κ3) is 4.52. The van der Waals surface area contributed by atoms with Crippen molar-refractivity contribution in [2.45, 2.75) is 5.79 Å². The van der Waals surface area contributed by atoms with Crippen molar-refractivity contribution in [3.63, 3.8) is 0 Å². The van der Waals surface area contributed by atoms with Gasteiger partial charge < -0.3 is 25.6 Å². The molecule has 11 nitrogen and oxygen atoms in total. The highest BCUT2D eigenvalue weighted by Gasteiger charge is 2.34. The van der Waals surface area contributed by atoms with Gasteiger partial charge in [-0.05, 0) is 19.2 Å². The van der Waals surface area contributed by atoms with Gasteiger partial charge >= 0.3 is 0 Å². The zero-order chi connectivity index (χ0) is 21.3. The molecule has 0 bridgehead atoms. The molecule has 0 saturated carbocycles. The number of hydrazine groups is 1. The Labute approximate surface area is 188 Å². The molecule has 2 saturated heterocycles. The number of ether oxygens (including phenoxy) is 1. The fraction of sp³-hybridized carbons (Fsp3) is 0.476. The number of morpholine rings is 1. The minimum Gasteiger partial charge on any atom is -0.378 e. The average Bonchev–Trinajstić information content (AvgIpc) is 3.24. The van der Waals surface area contributed by atoms with Crippen molar-refractivity contribution in [2.24, 2.45) is 10.7 Å². The molecule has 4 heterocycles. The highest BCUT2D eigenvalue weighted by atomic mass is 16.5. The van der Waals surface area contributed by atoms with Gasteiger partial charge in [0.15, 0.2) is 5.82 Å². The van der Waals surface area contributed by atoms with Gasteiger partial charge in [0, 0.05) is 62.8 Å². The van der Waals surface area contributed by atoms with Gasteiger partial charge in [0.1, 0.15) is 6.34 Å². The third-order valence-electron chi connectivity index (χ3n) is 6.01. The molecular weight excluding hydrogens is 408 g/mol. The van der Waals surface area contributed by atoms with E-state index in [1.807, 2.05) is 18.2 Å². The highest BCUT2D eigenvalue weighted by molar-refractivity contribution is 5.79. The topological polar surface area (TPSA) is 133 Å². The summed E-state index contributed by atoms with van der Waals surface area (Å²) in [5, 5.41) is 1.76. The molecule has 0 radical (unpaired) electrons. The molecule has 1 unspecified atom stereocenters. The number of rotatable bonds is 4. The number of piperazine rings is 1. The molecule has 3 aliphatic heterocycles. The van der Waals surface area contributed by atoms with E-state index >= 15 is 0 Å². The number of benzene rings is 1. The van der Waals surface area contributed by atoms with Crippen LogP contribution in [0.2, 0.25) is 0 Å². The first-order valence-electron chi connectivity index (χ1n) is 10.7. The fourth-order valence-electron chi connectivity index (χ4n) is 4.03. The predicted octanol–water partition coefficient (Wildman–Crippen LogP) is 0.349. The molecule has 6 N–H and O–H groups in total. The van der Waals surface area contributed by atoms with E-state index in [-0.39, 0.29) is 6.15 Å². The number of hydrogen-bond donors (Lipinski definition) is 3. The Morgan fingerprint density at radius 1 is 0.969 bits per heavy atom. The standard InChI is InChI=1S/C21H29N9O.H3N/c1-27-8-10-29(11-9-27)20-23-7-6-19(25-20)30-16-24-21(22,26-30)17-2-4-18(5-3-17)28-12-14-31-15-13-28;/h2-7,16,26H,8-15,22H2,1H3;1H3. The van der Waals surface area contributed by atoms with Crippen LogP contribution in [0, 0.1) is 0 Å². The SMILES string of the molecule is CN1CCN(c2nccc(N3C=NC(N)(c4ccc(N5CCOCC5)cc4)N3)n2)CC1.N. The minimum atomic E-state index is -1.04. The molecule has 1 aromatic carbocycles. The van der Waals surface area contributed by atoms with E-state index in [9.17, 15) is 0 Å². The van der Waals surface area contributed by atoms with E-state index in [0.717, 1.165) is 64.0 Å². The summed E-state index contributed by atoms with van der Waals surface area (Å²) in [6, 6.07) is 10.1. The van der Waals surface area contributed by atoms with Crippen molar-refractivity contribution in [1.82, 2.24) is 26.4 Å². The van der Waals surface area contributed by atoms with E-state index in [1.54, 1.807) is 17.5 Å². The van der Waals surface area contributed by atoms with Crippen molar-refractivity contribution < 1.29 is 4.74 Å². The molecule has 0 aliphatic carbocycles. The quantitative estimate of drug-likeness (QED) is 0.611. The largest absolute Gasteiger partial charge is 0.378 e. The van der Waals surface area contributed by atoms with Gasteiger partial charge in [0.25, 0.3) is 0 Å². The second-order valence-corrected chi connectivity index (χ2v) is 8.14. The number of likely N-dealkylation sites (N-methyl/N-ethyl adjacent to an activating group) is 1. The molecule has 11 heteroatoms. The van der Waals surface area contributed by atoms with Crippen LogP contribution in [0.1, 0.15) is 5.56 Å².